The van der Waals surface area contributed by atoms with Gasteiger partial charge >= 0.3 is 0 Å². The van der Waals surface area contributed by atoms with Crippen molar-refractivity contribution >= 4 is 46.0 Å². The summed E-state index contributed by atoms with van der Waals surface area (Å²) in [4.78, 5) is 32.7. The molecule has 8 nitrogen and oxygen atoms in total. The summed E-state index contributed by atoms with van der Waals surface area (Å²) >= 11 is 0. The average molecular weight is 535 g/mol. The van der Waals surface area contributed by atoms with E-state index in [0.717, 1.165) is 0 Å². The molecule has 1 aliphatic heterocycles. The Morgan fingerprint density at radius 1 is 0.921 bits per heavy atom. The molecule has 1 N–H and O–H groups in total. The van der Waals surface area contributed by atoms with Crippen LogP contribution < -0.4 is 4.72 Å². The number of halogens is 1. The first-order valence-corrected chi connectivity index (χ1v) is 13.4. The molecule has 0 bridgehead atoms. The second-order valence-electron chi connectivity index (χ2n) is 8.60. The Balaban J connectivity index is 1.41. The van der Waals surface area contributed by atoms with E-state index in [1.807, 2.05) is 6.92 Å². The number of amides is 2. The zero-order valence-corrected chi connectivity index (χ0v) is 21.6. The zero-order valence-electron chi connectivity index (χ0n) is 20.8. The Bertz CT molecular complexity index is 1500. The van der Waals surface area contributed by atoms with Gasteiger partial charge in [0.2, 0.25) is 0 Å². The molecule has 1 aliphatic rings. The Hall–Kier alpha value is -4.31. The highest BCUT2D eigenvalue weighted by Crippen LogP contribution is 2.30. The molecular weight excluding hydrogens is 507 g/mol. The van der Waals surface area contributed by atoms with Crippen LogP contribution in [0.1, 0.15) is 33.2 Å². The predicted molar refractivity (Wildman–Crippen MR) is 146 cm³/mol. The topological polar surface area (TPSA) is 99.1 Å². The van der Waals surface area contributed by atoms with Crippen molar-refractivity contribution in [1.82, 2.24) is 9.80 Å². The van der Waals surface area contributed by atoms with Crippen LogP contribution in [0.2, 0.25) is 0 Å². The highest BCUT2D eigenvalue weighted by Gasteiger charge is 2.27. The highest BCUT2D eigenvalue weighted by molar-refractivity contribution is 7.92. The summed E-state index contributed by atoms with van der Waals surface area (Å²) in [7, 11) is -3.97. The average Bonchev–Trinajstić information content (AvgIpc) is 2.93. The number of sulfonamides is 1. The largest absolute Gasteiger partial charge is 0.335 e. The van der Waals surface area contributed by atoms with Crippen molar-refractivity contribution in [2.45, 2.75) is 11.8 Å². The lowest BCUT2D eigenvalue weighted by Gasteiger charge is -2.35. The van der Waals surface area contributed by atoms with E-state index >= 15 is 0 Å². The number of rotatable bonds is 7. The molecule has 0 aromatic heterocycles. The Labute approximate surface area is 221 Å². The Kier molecular flexibility index (Phi) is 8.02. The number of allylic oxidation sites excluding steroid dienone is 1. The van der Waals surface area contributed by atoms with Crippen LogP contribution in [0.3, 0.4) is 0 Å². The summed E-state index contributed by atoms with van der Waals surface area (Å²) < 4.78 is 42.6. The van der Waals surface area contributed by atoms with E-state index < -0.39 is 21.7 Å². The van der Waals surface area contributed by atoms with Crippen LogP contribution in [0.5, 0.6) is 0 Å². The van der Waals surface area contributed by atoms with E-state index in [0.29, 0.717) is 24.2 Å². The van der Waals surface area contributed by atoms with Gasteiger partial charge in [-0.3, -0.25) is 19.3 Å². The summed E-state index contributed by atoms with van der Waals surface area (Å²) in [5.74, 6) is -1.22. The Morgan fingerprint density at radius 2 is 1.55 bits per heavy atom. The lowest BCUT2D eigenvalue weighted by molar-refractivity contribution is 0.0533. The molecule has 0 saturated carbocycles. The van der Waals surface area contributed by atoms with Crippen LogP contribution >= 0.6 is 0 Å². The first-order valence-electron chi connectivity index (χ1n) is 11.9. The van der Waals surface area contributed by atoms with Gasteiger partial charge in [0.05, 0.1) is 11.3 Å². The molecule has 10 heteroatoms. The standard InChI is InChI=1S/C28H27FN4O4S/c1-3-7-20-8-6-11-25(26(20)30-2)38(36,37)31-22-14-12-21(13-15-22)27(34)32-16-18-33(19-17-32)28(35)23-9-4-5-10-24(23)29/h3-15,31H,2,16-19H2,1H3/b7-3-. The van der Waals surface area contributed by atoms with Gasteiger partial charge in [0.1, 0.15) is 10.7 Å². The maximum absolute atomic E-state index is 14.0. The number of nitrogens with zero attached hydrogens (tertiary/aromatic N) is 3. The van der Waals surface area contributed by atoms with Crippen LogP contribution in [0.15, 0.2) is 82.7 Å². The van der Waals surface area contributed by atoms with Gasteiger partial charge in [0, 0.05) is 43.0 Å². The van der Waals surface area contributed by atoms with E-state index in [-0.39, 0.29) is 40.8 Å². The SMILES string of the molecule is C=Nc1c(/C=C\C)cccc1S(=O)(=O)Nc1ccc(C(=O)N2CCN(C(=O)c3ccccc3F)CC2)cc1. The summed E-state index contributed by atoms with van der Waals surface area (Å²) in [6, 6.07) is 16.8. The summed E-state index contributed by atoms with van der Waals surface area (Å²) in [5, 5.41) is 0. The van der Waals surface area contributed by atoms with Crippen molar-refractivity contribution in [2.75, 3.05) is 30.9 Å². The number of carbonyl (C=O) groups is 2. The minimum atomic E-state index is -3.97. The normalized spacial score (nSPS) is 13.9. The fourth-order valence-electron chi connectivity index (χ4n) is 4.23. The number of hydrogen-bond donors (Lipinski definition) is 1. The minimum Gasteiger partial charge on any atom is -0.335 e. The van der Waals surface area contributed by atoms with Crippen molar-refractivity contribution in [3.8, 4) is 0 Å². The zero-order chi connectivity index (χ0) is 27.3. The van der Waals surface area contributed by atoms with E-state index in [9.17, 15) is 22.4 Å². The van der Waals surface area contributed by atoms with Crippen LogP contribution in [-0.4, -0.2) is 62.9 Å². The molecule has 0 radical (unpaired) electrons. The lowest BCUT2D eigenvalue weighted by atomic mass is 10.1. The maximum Gasteiger partial charge on any atom is 0.264 e. The van der Waals surface area contributed by atoms with Crippen molar-refractivity contribution in [3.63, 3.8) is 0 Å². The number of nitrogens with one attached hydrogen (secondary N) is 1. The molecular formula is C28H27FN4O4S. The van der Waals surface area contributed by atoms with Crippen molar-refractivity contribution in [2.24, 2.45) is 4.99 Å². The van der Waals surface area contributed by atoms with Crippen LogP contribution in [0, 0.1) is 5.82 Å². The molecule has 0 aliphatic carbocycles. The van der Waals surface area contributed by atoms with Gasteiger partial charge in [-0.25, -0.2) is 12.8 Å². The van der Waals surface area contributed by atoms with Crippen molar-refractivity contribution < 1.29 is 22.4 Å². The van der Waals surface area contributed by atoms with Gasteiger partial charge in [0.25, 0.3) is 21.8 Å². The van der Waals surface area contributed by atoms with Crippen LogP contribution in [-0.2, 0) is 10.0 Å². The van der Waals surface area contributed by atoms with Gasteiger partial charge in [-0.15, -0.1) is 0 Å². The number of benzene rings is 3. The molecule has 0 atom stereocenters. The van der Waals surface area contributed by atoms with Crippen LogP contribution in [0.4, 0.5) is 15.8 Å². The third kappa shape index (κ3) is 5.65. The first-order chi connectivity index (χ1) is 18.2. The lowest BCUT2D eigenvalue weighted by Crippen LogP contribution is -2.50. The van der Waals surface area contributed by atoms with Gasteiger partial charge in [0.15, 0.2) is 0 Å². The predicted octanol–water partition coefficient (Wildman–Crippen LogP) is 4.59. The van der Waals surface area contributed by atoms with E-state index in [1.54, 1.807) is 47.4 Å². The smallest absolute Gasteiger partial charge is 0.264 e. The molecule has 2 amide bonds. The molecule has 196 valence electrons. The molecule has 0 unspecified atom stereocenters. The van der Waals surface area contributed by atoms with Gasteiger partial charge in [-0.1, -0.05) is 36.4 Å². The number of hydrogen-bond acceptors (Lipinski definition) is 5. The van der Waals surface area contributed by atoms with Crippen molar-refractivity contribution in [1.29, 1.82) is 0 Å². The van der Waals surface area contributed by atoms with Gasteiger partial charge in [-0.05, 0) is 56.1 Å². The summed E-state index contributed by atoms with van der Waals surface area (Å²) in [6.45, 7) is 6.49. The van der Waals surface area contributed by atoms with E-state index in [4.69, 9.17) is 0 Å². The monoisotopic (exact) mass is 534 g/mol. The van der Waals surface area contributed by atoms with Gasteiger partial charge in [-0.2, -0.15) is 0 Å². The van der Waals surface area contributed by atoms with E-state index in [2.05, 4.69) is 16.4 Å². The fourth-order valence-corrected chi connectivity index (χ4v) is 5.48. The first kappa shape index (κ1) is 26.7. The number of carbonyl (C=O) groups excluding carboxylic acids is 2. The third-order valence-electron chi connectivity index (χ3n) is 6.17. The molecule has 38 heavy (non-hydrogen) atoms. The molecule has 3 aromatic rings. The minimum absolute atomic E-state index is 0.00828. The summed E-state index contributed by atoms with van der Waals surface area (Å²) in [6.07, 6.45) is 3.53. The molecule has 1 heterocycles. The molecule has 1 saturated heterocycles. The van der Waals surface area contributed by atoms with Crippen molar-refractivity contribution in [3.05, 3.63) is 95.3 Å². The molecule has 1 fully saturated rings. The Morgan fingerprint density at radius 3 is 2.16 bits per heavy atom. The summed E-state index contributed by atoms with van der Waals surface area (Å²) in [5.41, 5.74) is 1.55. The second kappa shape index (κ2) is 11.4. The number of anilines is 1. The second-order valence-corrected chi connectivity index (χ2v) is 10.3. The maximum atomic E-state index is 14.0. The highest BCUT2D eigenvalue weighted by atomic mass is 32.2. The number of para-hydroxylation sites is 1. The van der Waals surface area contributed by atoms with Crippen LogP contribution in [0.25, 0.3) is 6.08 Å². The third-order valence-corrected chi connectivity index (χ3v) is 7.58. The molecule has 0 spiro atoms. The number of aliphatic imine (C=N–C) groups is 1. The quantitative estimate of drug-likeness (QED) is 0.448. The van der Waals surface area contributed by atoms with E-state index in [1.165, 1.54) is 41.3 Å². The fraction of sp³-hybridized carbons (Fsp3) is 0.179. The number of piperazine rings is 1. The van der Waals surface area contributed by atoms with Gasteiger partial charge < -0.3 is 9.80 Å². The molecule has 4 rings (SSSR count). The molecule has 3 aromatic carbocycles.